The van der Waals surface area contributed by atoms with Crippen molar-refractivity contribution in [2.45, 2.75) is 18.9 Å². The van der Waals surface area contributed by atoms with Crippen LogP contribution in [0.1, 0.15) is 23.2 Å². The number of piperidine rings is 1. The Morgan fingerprint density at radius 1 is 1.11 bits per heavy atom. The van der Waals surface area contributed by atoms with Crippen molar-refractivity contribution in [1.82, 2.24) is 14.7 Å². The summed E-state index contributed by atoms with van der Waals surface area (Å²) < 4.78 is 19.6. The van der Waals surface area contributed by atoms with Gasteiger partial charge in [-0.25, -0.2) is 4.39 Å². The highest BCUT2D eigenvalue weighted by Gasteiger charge is 2.25. The third-order valence-corrected chi connectivity index (χ3v) is 5.25. The molecule has 0 aromatic heterocycles. The van der Waals surface area contributed by atoms with E-state index in [1.54, 1.807) is 17.0 Å². The SMILES string of the molecule is CN1CCN(CC#CCOC2CCN(C(=O)c3ccccc3F)CC2)CC1. The Bertz CT molecular complexity index is 684. The summed E-state index contributed by atoms with van der Waals surface area (Å²) in [7, 11) is 2.14. The summed E-state index contributed by atoms with van der Waals surface area (Å²) in [6, 6.07) is 6.14. The molecule has 3 rings (SSSR count). The van der Waals surface area contributed by atoms with E-state index >= 15 is 0 Å². The summed E-state index contributed by atoms with van der Waals surface area (Å²) in [6.45, 7) is 6.75. The number of benzene rings is 1. The predicted octanol–water partition coefficient (Wildman–Crippen LogP) is 1.70. The van der Waals surface area contributed by atoms with Crippen LogP contribution in [0.15, 0.2) is 24.3 Å². The lowest BCUT2D eigenvalue weighted by molar-refractivity contribution is 0.0228. The lowest BCUT2D eigenvalue weighted by Crippen LogP contribution is -2.44. The zero-order valence-electron chi connectivity index (χ0n) is 16.0. The highest BCUT2D eigenvalue weighted by atomic mass is 19.1. The maximum atomic E-state index is 13.8. The Hall–Kier alpha value is -1.94. The number of ether oxygens (including phenoxy) is 1. The standard InChI is InChI=1S/C21H28FN3O2/c1-23-13-15-24(16-14-23)10-4-5-17-27-18-8-11-25(12-9-18)21(26)19-6-2-3-7-20(19)22/h2-3,6-7,18H,8-17H2,1H3. The van der Waals surface area contributed by atoms with E-state index in [-0.39, 0.29) is 17.6 Å². The molecule has 0 atom stereocenters. The van der Waals surface area contributed by atoms with Crippen molar-refractivity contribution < 1.29 is 13.9 Å². The molecule has 0 bridgehead atoms. The van der Waals surface area contributed by atoms with Crippen LogP contribution in [0.4, 0.5) is 4.39 Å². The number of likely N-dealkylation sites (N-methyl/N-ethyl adjacent to an activating group) is 1. The Morgan fingerprint density at radius 3 is 2.52 bits per heavy atom. The van der Waals surface area contributed by atoms with Gasteiger partial charge in [0.05, 0.1) is 18.2 Å². The highest BCUT2D eigenvalue weighted by molar-refractivity contribution is 5.94. The number of rotatable bonds is 4. The van der Waals surface area contributed by atoms with Crippen LogP contribution in [-0.4, -0.2) is 86.2 Å². The third-order valence-electron chi connectivity index (χ3n) is 5.25. The van der Waals surface area contributed by atoms with Gasteiger partial charge in [-0.1, -0.05) is 24.0 Å². The molecule has 1 aromatic carbocycles. The van der Waals surface area contributed by atoms with Crippen LogP contribution in [0.2, 0.25) is 0 Å². The number of carbonyl (C=O) groups is 1. The van der Waals surface area contributed by atoms with E-state index in [4.69, 9.17) is 4.74 Å². The molecular weight excluding hydrogens is 345 g/mol. The van der Waals surface area contributed by atoms with Crippen LogP contribution < -0.4 is 0 Å². The van der Waals surface area contributed by atoms with Crippen LogP contribution >= 0.6 is 0 Å². The van der Waals surface area contributed by atoms with Crippen molar-refractivity contribution >= 4 is 5.91 Å². The first-order valence-electron chi connectivity index (χ1n) is 9.65. The molecule has 0 saturated carbocycles. The number of piperazine rings is 1. The van der Waals surface area contributed by atoms with Crippen molar-refractivity contribution in [3.63, 3.8) is 0 Å². The summed E-state index contributed by atoms with van der Waals surface area (Å²) >= 11 is 0. The van der Waals surface area contributed by atoms with Gasteiger partial charge >= 0.3 is 0 Å². The number of hydrogen-bond acceptors (Lipinski definition) is 4. The first-order valence-corrected chi connectivity index (χ1v) is 9.65. The van der Waals surface area contributed by atoms with E-state index in [1.165, 1.54) is 12.1 Å². The second-order valence-electron chi connectivity index (χ2n) is 7.22. The molecule has 1 aromatic rings. The highest BCUT2D eigenvalue weighted by Crippen LogP contribution is 2.17. The minimum atomic E-state index is -0.462. The van der Waals surface area contributed by atoms with Crippen molar-refractivity contribution in [2.24, 2.45) is 0 Å². The summed E-state index contributed by atoms with van der Waals surface area (Å²) in [5, 5.41) is 0. The van der Waals surface area contributed by atoms with Gasteiger partial charge in [0.1, 0.15) is 12.4 Å². The fourth-order valence-corrected chi connectivity index (χ4v) is 3.41. The Morgan fingerprint density at radius 2 is 1.81 bits per heavy atom. The minimum Gasteiger partial charge on any atom is -0.365 e. The molecule has 2 fully saturated rings. The maximum absolute atomic E-state index is 13.8. The Labute approximate surface area is 161 Å². The smallest absolute Gasteiger partial charge is 0.256 e. The molecule has 1 amide bonds. The summed E-state index contributed by atoms with van der Waals surface area (Å²) in [5.41, 5.74) is 0.145. The van der Waals surface area contributed by atoms with Crippen molar-refractivity contribution in [3.05, 3.63) is 35.6 Å². The average Bonchev–Trinajstić information content (AvgIpc) is 2.69. The molecule has 0 unspecified atom stereocenters. The molecule has 146 valence electrons. The number of carbonyl (C=O) groups excluding carboxylic acids is 1. The van der Waals surface area contributed by atoms with E-state index in [9.17, 15) is 9.18 Å². The van der Waals surface area contributed by atoms with E-state index in [0.717, 1.165) is 45.6 Å². The number of amides is 1. The van der Waals surface area contributed by atoms with E-state index < -0.39 is 5.82 Å². The van der Waals surface area contributed by atoms with Crippen LogP contribution in [0.5, 0.6) is 0 Å². The molecule has 2 aliphatic rings. The molecule has 6 heteroatoms. The van der Waals surface area contributed by atoms with Gasteiger partial charge in [-0.15, -0.1) is 0 Å². The average molecular weight is 373 g/mol. The third kappa shape index (κ3) is 5.77. The first-order chi connectivity index (χ1) is 13.1. The molecule has 5 nitrogen and oxygen atoms in total. The zero-order chi connectivity index (χ0) is 19.1. The second-order valence-corrected chi connectivity index (χ2v) is 7.22. The van der Waals surface area contributed by atoms with E-state index in [2.05, 4.69) is 28.7 Å². The summed E-state index contributed by atoms with van der Waals surface area (Å²) in [6.07, 6.45) is 1.65. The molecular formula is C21H28FN3O2. The van der Waals surface area contributed by atoms with Gasteiger partial charge < -0.3 is 14.5 Å². The van der Waals surface area contributed by atoms with Gasteiger partial charge in [0.15, 0.2) is 0 Å². The molecule has 2 heterocycles. The normalized spacial score (nSPS) is 19.6. The molecule has 2 aliphatic heterocycles. The van der Waals surface area contributed by atoms with E-state index in [1.807, 2.05) is 0 Å². The first kappa shape index (κ1) is 19.8. The molecule has 27 heavy (non-hydrogen) atoms. The topological polar surface area (TPSA) is 36.0 Å². The number of halogens is 1. The van der Waals surface area contributed by atoms with Crippen LogP contribution in [0.3, 0.4) is 0 Å². The van der Waals surface area contributed by atoms with Crippen LogP contribution in [0.25, 0.3) is 0 Å². The fourth-order valence-electron chi connectivity index (χ4n) is 3.41. The number of likely N-dealkylation sites (tertiary alicyclic amines) is 1. The minimum absolute atomic E-state index is 0.118. The van der Waals surface area contributed by atoms with Gasteiger partial charge in [0.2, 0.25) is 0 Å². The lowest BCUT2D eigenvalue weighted by atomic mass is 10.1. The largest absolute Gasteiger partial charge is 0.365 e. The number of hydrogen-bond donors (Lipinski definition) is 0. The Balaban J connectivity index is 1.35. The lowest BCUT2D eigenvalue weighted by Gasteiger charge is -2.31. The van der Waals surface area contributed by atoms with Gasteiger partial charge in [0, 0.05) is 39.3 Å². The van der Waals surface area contributed by atoms with Crippen LogP contribution in [-0.2, 0) is 4.74 Å². The molecule has 2 saturated heterocycles. The fraction of sp³-hybridized carbons (Fsp3) is 0.571. The van der Waals surface area contributed by atoms with Crippen molar-refractivity contribution in [2.75, 3.05) is 59.5 Å². The summed E-state index contributed by atoms with van der Waals surface area (Å²) in [5.74, 6) is 5.59. The molecule has 0 spiro atoms. The zero-order valence-corrected chi connectivity index (χ0v) is 16.0. The Kier molecular flexibility index (Phi) is 7.22. The quantitative estimate of drug-likeness (QED) is 0.753. The van der Waals surface area contributed by atoms with Crippen molar-refractivity contribution in [3.8, 4) is 11.8 Å². The molecule has 0 aliphatic carbocycles. The summed E-state index contributed by atoms with van der Waals surface area (Å²) in [4.78, 5) is 18.8. The number of nitrogens with zero attached hydrogens (tertiary/aromatic N) is 3. The van der Waals surface area contributed by atoms with Gasteiger partial charge in [0.25, 0.3) is 5.91 Å². The van der Waals surface area contributed by atoms with Crippen LogP contribution in [0, 0.1) is 17.7 Å². The maximum Gasteiger partial charge on any atom is 0.256 e. The van der Waals surface area contributed by atoms with Gasteiger partial charge in [-0.05, 0) is 32.0 Å². The second kappa shape index (κ2) is 9.84. The predicted molar refractivity (Wildman–Crippen MR) is 103 cm³/mol. The van der Waals surface area contributed by atoms with E-state index in [0.29, 0.717) is 19.7 Å². The molecule has 0 N–H and O–H groups in total. The van der Waals surface area contributed by atoms with Gasteiger partial charge in [-0.3, -0.25) is 9.69 Å². The molecule has 0 radical (unpaired) electrons. The monoisotopic (exact) mass is 373 g/mol. The van der Waals surface area contributed by atoms with Crippen molar-refractivity contribution in [1.29, 1.82) is 0 Å². The van der Waals surface area contributed by atoms with Gasteiger partial charge in [-0.2, -0.15) is 0 Å².